The maximum atomic E-state index is 13.2. The van der Waals surface area contributed by atoms with Crippen LogP contribution in [0.4, 0.5) is 10.5 Å². The molecule has 2 aromatic rings. The summed E-state index contributed by atoms with van der Waals surface area (Å²) in [4.78, 5) is 29.9. The highest BCUT2D eigenvalue weighted by atomic mass is 16.6. The van der Waals surface area contributed by atoms with Gasteiger partial charge in [-0.1, -0.05) is 43.0 Å². The SMILES string of the molecule is C=CCOC(=O)N1CC[C@H]2C(c3ccccc3)Nc3ccc(C(=O)N4CCCCC4)cc3[C@H]21. The molecule has 3 aliphatic rings. The average molecular weight is 446 g/mol. The Kier molecular flexibility index (Phi) is 6.07. The number of rotatable bonds is 4. The number of benzene rings is 2. The van der Waals surface area contributed by atoms with Crippen molar-refractivity contribution in [2.75, 3.05) is 31.6 Å². The van der Waals surface area contributed by atoms with Gasteiger partial charge in [0.1, 0.15) is 6.61 Å². The molecule has 0 saturated carbocycles. The summed E-state index contributed by atoms with van der Waals surface area (Å²) in [6.07, 6.45) is 5.43. The normalized spacial score (nSPS) is 23.8. The summed E-state index contributed by atoms with van der Waals surface area (Å²) in [5.41, 5.74) is 3.88. The molecule has 0 bridgehead atoms. The van der Waals surface area contributed by atoms with E-state index < -0.39 is 0 Å². The second-order valence-electron chi connectivity index (χ2n) is 9.14. The summed E-state index contributed by atoms with van der Waals surface area (Å²) in [7, 11) is 0. The highest BCUT2D eigenvalue weighted by molar-refractivity contribution is 5.95. The largest absolute Gasteiger partial charge is 0.445 e. The first kappa shape index (κ1) is 21.6. The Hall–Kier alpha value is -3.28. The van der Waals surface area contributed by atoms with Crippen LogP contribution < -0.4 is 5.32 Å². The molecule has 0 spiro atoms. The summed E-state index contributed by atoms with van der Waals surface area (Å²) < 4.78 is 5.43. The molecule has 0 radical (unpaired) electrons. The van der Waals surface area contributed by atoms with Gasteiger partial charge >= 0.3 is 6.09 Å². The second kappa shape index (κ2) is 9.30. The van der Waals surface area contributed by atoms with E-state index in [1.807, 2.05) is 46.2 Å². The molecule has 2 saturated heterocycles. The van der Waals surface area contributed by atoms with E-state index in [9.17, 15) is 9.59 Å². The molecule has 33 heavy (non-hydrogen) atoms. The summed E-state index contributed by atoms with van der Waals surface area (Å²) in [6.45, 7) is 6.10. The van der Waals surface area contributed by atoms with Crippen molar-refractivity contribution in [3.63, 3.8) is 0 Å². The van der Waals surface area contributed by atoms with E-state index in [-0.39, 0.29) is 36.6 Å². The molecule has 6 nitrogen and oxygen atoms in total. The van der Waals surface area contributed by atoms with Crippen LogP contribution in [-0.4, -0.2) is 48.0 Å². The van der Waals surface area contributed by atoms with Crippen molar-refractivity contribution in [1.82, 2.24) is 9.80 Å². The molecule has 0 aromatic heterocycles. The Balaban J connectivity index is 1.51. The zero-order valence-electron chi connectivity index (χ0n) is 18.9. The quantitative estimate of drug-likeness (QED) is 0.660. The number of piperidine rings is 1. The first-order valence-corrected chi connectivity index (χ1v) is 12.0. The standard InChI is InChI=1S/C27H31N3O3/c1-2-17-33-27(32)30-16-13-21-24(19-9-5-3-6-10-19)28-23-12-11-20(18-22(23)25(21)30)26(31)29-14-7-4-8-15-29/h2-3,5-6,9-12,18,21,24-25,28H,1,4,7-8,13-17H2/t21-,24?,25-/m0/s1. The highest BCUT2D eigenvalue weighted by Crippen LogP contribution is 2.51. The van der Waals surface area contributed by atoms with Crippen molar-refractivity contribution < 1.29 is 14.3 Å². The first-order valence-electron chi connectivity index (χ1n) is 12.0. The van der Waals surface area contributed by atoms with E-state index >= 15 is 0 Å². The fourth-order valence-electron chi connectivity index (χ4n) is 5.60. The monoisotopic (exact) mass is 445 g/mol. The third-order valence-electron chi connectivity index (χ3n) is 7.16. The maximum Gasteiger partial charge on any atom is 0.410 e. The molecule has 172 valence electrons. The fraction of sp³-hybridized carbons (Fsp3) is 0.407. The van der Waals surface area contributed by atoms with Gasteiger partial charge in [0.15, 0.2) is 0 Å². The van der Waals surface area contributed by atoms with Crippen LogP contribution in [0.25, 0.3) is 0 Å². The molecule has 2 aromatic carbocycles. The Morgan fingerprint density at radius 1 is 1.06 bits per heavy atom. The third-order valence-corrected chi connectivity index (χ3v) is 7.16. The summed E-state index contributed by atoms with van der Waals surface area (Å²) in [6, 6.07) is 16.2. The number of amides is 2. The van der Waals surface area contributed by atoms with Crippen molar-refractivity contribution in [3.8, 4) is 0 Å². The molecule has 6 heteroatoms. The predicted octanol–water partition coefficient (Wildman–Crippen LogP) is 5.17. The zero-order valence-corrected chi connectivity index (χ0v) is 18.9. The molecule has 3 heterocycles. The Morgan fingerprint density at radius 3 is 2.61 bits per heavy atom. The minimum absolute atomic E-state index is 0.0815. The minimum atomic E-state index is -0.324. The molecular formula is C27H31N3O3. The highest BCUT2D eigenvalue weighted by Gasteiger charge is 2.47. The third kappa shape index (κ3) is 4.10. The van der Waals surface area contributed by atoms with Gasteiger partial charge in [-0.15, -0.1) is 0 Å². The van der Waals surface area contributed by atoms with Crippen LogP contribution in [0.5, 0.6) is 0 Å². The summed E-state index contributed by atoms with van der Waals surface area (Å²) in [5.74, 6) is 0.273. The number of nitrogens with one attached hydrogen (secondary N) is 1. The van der Waals surface area contributed by atoms with Crippen molar-refractivity contribution in [1.29, 1.82) is 0 Å². The van der Waals surface area contributed by atoms with Gasteiger partial charge in [0.2, 0.25) is 0 Å². The van der Waals surface area contributed by atoms with Crippen molar-refractivity contribution in [2.45, 2.75) is 37.8 Å². The summed E-state index contributed by atoms with van der Waals surface area (Å²) >= 11 is 0. The number of anilines is 1. The number of likely N-dealkylation sites (tertiary alicyclic amines) is 2. The number of ether oxygens (including phenoxy) is 1. The number of carbonyl (C=O) groups excluding carboxylic acids is 2. The predicted molar refractivity (Wildman–Crippen MR) is 128 cm³/mol. The number of hydrogen-bond acceptors (Lipinski definition) is 4. The van der Waals surface area contributed by atoms with E-state index in [1.54, 1.807) is 6.08 Å². The van der Waals surface area contributed by atoms with Crippen LogP contribution >= 0.6 is 0 Å². The van der Waals surface area contributed by atoms with Crippen LogP contribution in [-0.2, 0) is 4.74 Å². The molecule has 3 atom stereocenters. The molecule has 1 unspecified atom stereocenters. The van der Waals surface area contributed by atoms with Gasteiger partial charge in [-0.05, 0) is 55.0 Å². The van der Waals surface area contributed by atoms with Gasteiger partial charge in [-0.25, -0.2) is 4.79 Å². The van der Waals surface area contributed by atoms with Crippen molar-refractivity contribution in [2.24, 2.45) is 5.92 Å². The lowest BCUT2D eigenvalue weighted by atomic mass is 9.79. The lowest BCUT2D eigenvalue weighted by molar-refractivity contribution is 0.0724. The van der Waals surface area contributed by atoms with E-state index in [1.165, 1.54) is 12.0 Å². The molecule has 0 aliphatic carbocycles. The van der Waals surface area contributed by atoms with Crippen LogP contribution in [0.2, 0.25) is 0 Å². The number of carbonyl (C=O) groups is 2. The first-order chi connectivity index (χ1) is 16.2. The van der Waals surface area contributed by atoms with Gasteiger partial charge in [-0.2, -0.15) is 0 Å². The molecule has 3 aliphatic heterocycles. The Bertz CT molecular complexity index is 1030. The lowest BCUT2D eigenvalue weighted by Gasteiger charge is -2.40. The number of fused-ring (bicyclic) bond motifs is 3. The number of nitrogens with zero attached hydrogens (tertiary/aromatic N) is 2. The van der Waals surface area contributed by atoms with Crippen LogP contribution in [0.15, 0.2) is 61.2 Å². The Labute approximate surface area is 195 Å². The number of hydrogen-bond donors (Lipinski definition) is 1. The van der Waals surface area contributed by atoms with Crippen LogP contribution in [0, 0.1) is 5.92 Å². The summed E-state index contributed by atoms with van der Waals surface area (Å²) in [5, 5.41) is 3.71. The minimum Gasteiger partial charge on any atom is -0.445 e. The fourth-order valence-corrected chi connectivity index (χ4v) is 5.60. The molecule has 1 N–H and O–H groups in total. The van der Waals surface area contributed by atoms with Gasteiger partial charge < -0.3 is 19.9 Å². The van der Waals surface area contributed by atoms with Crippen LogP contribution in [0.3, 0.4) is 0 Å². The van der Waals surface area contributed by atoms with Crippen molar-refractivity contribution in [3.05, 3.63) is 77.9 Å². The van der Waals surface area contributed by atoms with Crippen molar-refractivity contribution >= 4 is 17.7 Å². The van der Waals surface area contributed by atoms with E-state index in [0.717, 1.165) is 43.6 Å². The topological polar surface area (TPSA) is 61.9 Å². The van der Waals surface area contributed by atoms with E-state index in [0.29, 0.717) is 12.1 Å². The van der Waals surface area contributed by atoms with Gasteiger partial charge in [0.25, 0.3) is 5.91 Å². The molecule has 2 fully saturated rings. The van der Waals surface area contributed by atoms with Crippen LogP contribution in [0.1, 0.15) is 59.3 Å². The Morgan fingerprint density at radius 2 is 1.85 bits per heavy atom. The average Bonchev–Trinajstić information content (AvgIpc) is 3.33. The smallest absolute Gasteiger partial charge is 0.410 e. The zero-order chi connectivity index (χ0) is 22.8. The van der Waals surface area contributed by atoms with E-state index in [2.05, 4.69) is 24.0 Å². The lowest BCUT2D eigenvalue weighted by Crippen LogP contribution is -2.38. The molecule has 2 amide bonds. The second-order valence-corrected chi connectivity index (χ2v) is 9.14. The van der Waals surface area contributed by atoms with E-state index in [4.69, 9.17) is 4.74 Å². The maximum absolute atomic E-state index is 13.2. The van der Waals surface area contributed by atoms with Gasteiger partial charge in [0, 0.05) is 36.8 Å². The molecule has 5 rings (SSSR count). The van der Waals surface area contributed by atoms with Gasteiger partial charge in [-0.3, -0.25) is 4.79 Å². The molecular weight excluding hydrogens is 414 g/mol. The van der Waals surface area contributed by atoms with Gasteiger partial charge in [0.05, 0.1) is 12.1 Å².